The van der Waals surface area contributed by atoms with E-state index in [-0.39, 0.29) is 11.4 Å². The van der Waals surface area contributed by atoms with Crippen LogP contribution < -0.4 is 0 Å². The molecule has 0 aliphatic heterocycles. The van der Waals surface area contributed by atoms with Crippen LogP contribution in [0.2, 0.25) is 0 Å². The number of rotatable bonds is 3. The van der Waals surface area contributed by atoms with Crippen LogP contribution in [0.4, 0.5) is 4.79 Å². The monoisotopic (exact) mass is 290 g/mol. The van der Waals surface area contributed by atoms with Gasteiger partial charge in [-0.2, -0.15) is 9.36 Å². The maximum absolute atomic E-state index is 12.4. The summed E-state index contributed by atoms with van der Waals surface area (Å²) in [5, 5.41) is 15.6. The summed E-state index contributed by atoms with van der Waals surface area (Å²) < 4.78 is 2.51. The minimum Gasteiger partial charge on any atom is -0.243 e. The molecule has 0 fully saturated rings. The number of nitrogens with zero attached hydrogens (tertiary/aromatic N) is 6. The third-order valence-corrected chi connectivity index (χ3v) is 2.94. The predicted octanol–water partition coefficient (Wildman–Crippen LogP) is 2.17. The van der Waals surface area contributed by atoms with Crippen molar-refractivity contribution in [3.05, 3.63) is 23.8 Å². The minimum absolute atomic E-state index is 0.0862. The molecule has 114 valence electrons. The first-order valence-electron chi connectivity index (χ1n) is 7.12. The molecule has 0 N–H and O–H groups in total. The fraction of sp³-hybridized carbons (Fsp3) is 0.643. The maximum atomic E-state index is 12.4. The highest BCUT2D eigenvalue weighted by Gasteiger charge is 2.23. The van der Waals surface area contributed by atoms with E-state index in [1.165, 1.54) is 21.8 Å². The van der Waals surface area contributed by atoms with Crippen LogP contribution in [-0.2, 0) is 12.8 Å². The molecule has 0 atom stereocenters. The highest BCUT2D eigenvalue weighted by Crippen LogP contribution is 2.23. The van der Waals surface area contributed by atoms with Crippen LogP contribution in [-0.4, -0.2) is 36.0 Å². The van der Waals surface area contributed by atoms with Gasteiger partial charge in [0.15, 0.2) is 0 Å². The van der Waals surface area contributed by atoms with E-state index in [0.29, 0.717) is 5.92 Å². The first-order chi connectivity index (χ1) is 9.78. The van der Waals surface area contributed by atoms with E-state index in [9.17, 15) is 4.79 Å². The van der Waals surface area contributed by atoms with Gasteiger partial charge in [0.2, 0.25) is 0 Å². The smallest absolute Gasteiger partial charge is 0.243 e. The van der Waals surface area contributed by atoms with Gasteiger partial charge in [-0.1, -0.05) is 45.0 Å². The number of hydrogen-bond donors (Lipinski definition) is 0. The molecule has 0 unspecified atom stereocenters. The van der Waals surface area contributed by atoms with Crippen LogP contribution in [0.25, 0.3) is 0 Å². The standard InChI is InChI=1S/C14H22N6O/c1-10(2)8-12-11(9-14(3,4)5)16-18-20(12)13(21)19-7-6-15-17-19/h6-7,10H,8-9H2,1-5H3. The Labute approximate surface area is 124 Å². The molecule has 7 nitrogen and oxygen atoms in total. The molecule has 0 radical (unpaired) electrons. The first kappa shape index (κ1) is 15.3. The Morgan fingerprint density at radius 1 is 1.29 bits per heavy atom. The summed E-state index contributed by atoms with van der Waals surface area (Å²) in [6.45, 7) is 10.6. The van der Waals surface area contributed by atoms with Crippen molar-refractivity contribution in [3.63, 3.8) is 0 Å². The van der Waals surface area contributed by atoms with Crippen molar-refractivity contribution >= 4 is 6.03 Å². The number of carbonyl (C=O) groups is 1. The summed E-state index contributed by atoms with van der Waals surface area (Å²) in [4.78, 5) is 12.4. The van der Waals surface area contributed by atoms with Crippen molar-refractivity contribution in [2.24, 2.45) is 11.3 Å². The molecule has 0 spiro atoms. The third kappa shape index (κ3) is 3.74. The van der Waals surface area contributed by atoms with Gasteiger partial charge in [0.25, 0.3) is 0 Å². The molecule has 2 aromatic heterocycles. The van der Waals surface area contributed by atoms with E-state index in [2.05, 4.69) is 55.2 Å². The molecule has 0 aliphatic carbocycles. The van der Waals surface area contributed by atoms with Gasteiger partial charge in [0.05, 0.1) is 23.8 Å². The van der Waals surface area contributed by atoms with Crippen molar-refractivity contribution in [3.8, 4) is 0 Å². The second kappa shape index (κ2) is 5.75. The number of aromatic nitrogens is 6. The van der Waals surface area contributed by atoms with Crippen LogP contribution >= 0.6 is 0 Å². The second-order valence-electron chi connectivity index (χ2n) is 6.86. The van der Waals surface area contributed by atoms with Crippen molar-refractivity contribution in [1.82, 2.24) is 30.0 Å². The van der Waals surface area contributed by atoms with Crippen LogP contribution in [0.3, 0.4) is 0 Å². The minimum atomic E-state index is -0.351. The molecule has 21 heavy (non-hydrogen) atoms. The van der Waals surface area contributed by atoms with E-state index in [1.807, 2.05) is 0 Å². The van der Waals surface area contributed by atoms with Gasteiger partial charge in [0.1, 0.15) is 0 Å². The zero-order chi connectivity index (χ0) is 15.6. The van der Waals surface area contributed by atoms with Crippen molar-refractivity contribution < 1.29 is 4.79 Å². The Morgan fingerprint density at radius 2 is 2.00 bits per heavy atom. The molecular formula is C14H22N6O. The average molecular weight is 290 g/mol. The highest BCUT2D eigenvalue weighted by molar-refractivity contribution is 5.77. The van der Waals surface area contributed by atoms with Gasteiger partial charge >= 0.3 is 6.03 Å². The summed E-state index contributed by atoms with van der Waals surface area (Å²) in [6.07, 6.45) is 4.50. The van der Waals surface area contributed by atoms with Gasteiger partial charge in [-0.3, -0.25) is 0 Å². The summed E-state index contributed by atoms with van der Waals surface area (Å²) in [5.74, 6) is 0.407. The lowest BCUT2D eigenvalue weighted by Crippen LogP contribution is -2.24. The molecule has 7 heteroatoms. The zero-order valence-electron chi connectivity index (χ0n) is 13.2. The molecule has 0 amide bonds. The fourth-order valence-electron chi connectivity index (χ4n) is 2.12. The summed E-state index contributed by atoms with van der Waals surface area (Å²) in [7, 11) is 0. The van der Waals surface area contributed by atoms with Crippen LogP contribution in [0.1, 0.15) is 46.0 Å². The second-order valence-corrected chi connectivity index (χ2v) is 6.86. The van der Waals surface area contributed by atoms with E-state index in [0.717, 1.165) is 24.2 Å². The van der Waals surface area contributed by atoms with Gasteiger partial charge in [-0.15, -0.1) is 10.2 Å². The summed E-state index contributed by atoms with van der Waals surface area (Å²) in [6, 6.07) is -0.351. The van der Waals surface area contributed by atoms with Gasteiger partial charge in [0, 0.05) is 0 Å². The van der Waals surface area contributed by atoms with Crippen molar-refractivity contribution in [2.75, 3.05) is 0 Å². The topological polar surface area (TPSA) is 78.5 Å². The molecular weight excluding hydrogens is 268 g/mol. The maximum Gasteiger partial charge on any atom is 0.372 e. The fourth-order valence-corrected chi connectivity index (χ4v) is 2.12. The lowest BCUT2D eigenvalue weighted by Gasteiger charge is -2.17. The average Bonchev–Trinajstić information content (AvgIpc) is 2.97. The Kier molecular flexibility index (Phi) is 4.20. The van der Waals surface area contributed by atoms with E-state index >= 15 is 0 Å². The van der Waals surface area contributed by atoms with E-state index < -0.39 is 0 Å². The Hall–Kier alpha value is -2.05. The predicted molar refractivity (Wildman–Crippen MR) is 77.9 cm³/mol. The lowest BCUT2D eigenvalue weighted by atomic mass is 9.89. The third-order valence-electron chi connectivity index (χ3n) is 2.94. The zero-order valence-corrected chi connectivity index (χ0v) is 13.2. The molecule has 0 aromatic carbocycles. The van der Waals surface area contributed by atoms with Crippen LogP contribution in [0.5, 0.6) is 0 Å². The number of hydrogen-bond acceptors (Lipinski definition) is 5. The largest absolute Gasteiger partial charge is 0.372 e. The Balaban J connectivity index is 2.39. The molecule has 2 heterocycles. The summed E-state index contributed by atoms with van der Waals surface area (Å²) in [5.41, 5.74) is 1.83. The Bertz CT molecular complexity index is 606. The van der Waals surface area contributed by atoms with E-state index in [4.69, 9.17) is 0 Å². The molecule has 0 saturated carbocycles. The molecule has 2 rings (SSSR count). The van der Waals surface area contributed by atoms with Gasteiger partial charge in [-0.05, 0) is 24.2 Å². The molecule has 0 saturated heterocycles. The highest BCUT2D eigenvalue weighted by atomic mass is 16.2. The molecule has 0 aliphatic rings. The number of carbonyl (C=O) groups excluding carboxylic acids is 1. The molecule has 2 aromatic rings. The van der Waals surface area contributed by atoms with Crippen LogP contribution in [0.15, 0.2) is 12.4 Å². The van der Waals surface area contributed by atoms with E-state index in [1.54, 1.807) is 0 Å². The lowest BCUT2D eigenvalue weighted by molar-refractivity contribution is 0.236. The van der Waals surface area contributed by atoms with Crippen molar-refractivity contribution in [1.29, 1.82) is 0 Å². The van der Waals surface area contributed by atoms with Crippen molar-refractivity contribution in [2.45, 2.75) is 47.5 Å². The first-order valence-corrected chi connectivity index (χ1v) is 7.12. The quantitative estimate of drug-likeness (QED) is 0.865. The summed E-state index contributed by atoms with van der Waals surface area (Å²) >= 11 is 0. The molecule has 0 bridgehead atoms. The van der Waals surface area contributed by atoms with Crippen LogP contribution in [0, 0.1) is 11.3 Å². The van der Waals surface area contributed by atoms with Gasteiger partial charge in [-0.25, -0.2) is 4.79 Å². The normalized spacial score (nSPS) is 12.1. The SMILES string of the molecule is CC(C)Cc1c(CC(C)(C)C)nnn1C(=O)n1ccnn1. The van der Waals surface area contributed by atoms with Gasteiger partial charge < -0.3 is 0 Å². The Morgan fingerprint density at radius 3 is 2.52 bits per heavy atom.